The SMILES string of the molecule is CC1(C(=O)N2CCC([C@@H]3OCC[C@H]3Nc3ccc(C#N)cn3)CC2)COC1. The number of anilines is 1. The van der Waals surface area contributed by atoms with Gasteiger partial charge in [0.2, 0.25) is 5.91 Å². The van der Waals surface area contributed by atoms with Crippen molar-refractivity contribution in [2.75, 3.05) is 38.2 Å². The molecule has 0 spiro atoms. The van der Waals surface area contributed by atoms with Gasteiger partial charge in [-0.2, -0.15) is 5.26 Å². The Balaban J connectivity index is 1.33. The molecule has 2 atom stereocenters. The summed E-state index contributed by atoms with van der Waals surface area (Å²) in [5.74, 6) is 1.45. The largest absolute Gasteiger partial charge is 0.379 e. The van der Waals surface area contributed by atoms with Crippen molar-refractivity contribution >= 4 is 11.7 Å². The van der Waals surface area contributed by atoms with Crippen molar-refractivity contribution in [1.29, 1.82) is 5.26 Å². The summed E-state index contributed by atoms with van der Waals surface area (Å²) in [6.45, 7) is 5.41. The van der Waals surface area contributed by atoms with Crippen LogP contribution >= 0.6 is 0 Å². The van der Waals surface area contributed by atoms with Gasteiger partial charge in [0.1, 0.15) is 11.9 Å². The lowest BCUT2D eigenvalue weighted by Crippen LogP contribution is -2.55. The van der Waals surface area contributed by atoms with Gasteiger partial charge in [0, 0.05) is 25.9 Å². The molecule has 1 N–H and O–H groups in total. The van der Waals surface area contributed by atoms with Crippen molar-refractivity contribution < 1.29 is 14.3 Å². The van der Waals surface area contributed by atoms with Crippen LogP contribution in [0.5, 0.6) is 0 Å². The quantitative estimate of drug-likeness (QED) is 0.870. The Hall–Kier alpha value is -2.17. The molecule has 3 aliphatic rings. The number of ether oxygens (including phenoxy) is 2. The van der Waals surface area contributed by atoms with Gasteiger partial charge in [0.25, 0.3) is 0 Å². The van der Waals surface area contributed by atoms with Crippen molar-refractivity contribution in [3.63, 3.8) is 0 Å². The van der Waals surface area contributed by atoms with Gasteiger partial charge < -0.3 is 19.7 Å². The third-order valence-electron chi connectivity index (χ3n) is 6.01. The Morgan fingerprint density at radius 1 is 1.33 bits per heavy atom. The monoisotopic (exact) mass is 370 g/mol. The van der Waals surface area contributed by atoms with Crippen LogP contribution in [0.3, 0.4) is 0 Å². The van der Waals surface area contributed by atoms with Gasteiger partial charge in [0.05, 0.1) is 36.3 Å². The molecule has 1 amide bonds. The van der Waals surface area contributed by atoms with Gasteiger partial charge >= 0.3 is 0 Å². The fraction of sp³-hybridized carbons (Fsp3) is 0.650. The number of nitrogens with one attached hydrogen (secondary N) is 1. The van der Waals surface area contributed by atoms with Gasteiger partial charge in [0.15, 0.2) is 0 Å². The van der Waals surface area contributed by atoms with E-state index in [1.165, 1.54) is 0 Å². The number of nitriles is 1. The highest BCUT2D eigenvalue weighted by molar-refractivity contribution is 5.83. The van der Waals surface area contributed by atoms with Crippen LogP contribution in [0.25, 0.3) is 0 Å². The molecule has 0 aromatic carbocycles. The lowest BCUT2D eigenvalue weighted by Gasteiger charge is -2.43. The number of hydrogen-bond acceptors (Lipinski definition) is 6. The van der Waals surface area contributed by atoms with Crippen molar-refractivity contribution in [1.82, 2.24) is 9.88 Å². The molecule has 1 aromatic heterocycles. The maximum absolute atomic E-state index is 12.7. The number of piperidine rings is 1. The Kier molecular flexibility index (Phi) is 5.02. The first-order chi connectivity index (χ1) is 13.1. The molecule has 4 heterocycles. The number of nitrogens with zero attached hydrogens (tertiary/aromatic N) is 3. The summed E-state index contributed by atoms with van der Waals surface area (Å²) in [4.78, 5) is 19.0. The molecule has 3 aliphatic heterocycles. The normalized spacial score (nSPS) is 27.6. The second kappa shape index (κ2) is 7.45. The Morgan fingerprint density at radius 3 is 2.70 bits per heavy atom. The smallest absolute Gasteiger partial charge is 0.233 e. The van der Waals surface area contributed by atoms with Crippen LogP contribution in [0.4, 0.5) is 5.82 Å². The number of carbonyl (C=O) groups is 1. The lowest BCUT2D eigenvalue weighted by molar-refractivity contribution is -0.170. The van der Waals surface area contributed by atoms with E-state index in [4.69, 9.17) is 14.7 Å². The number of pyridine rings is 1. The first-order valence-corrected chi connectivity index (χ1v) is 9.70. The first-order valence-electron chi connectivity index (χ1n) is 9.70. The van der Waals surface area contributed by atoms with Gasteiger partial charge in [-0.25, -0.2) is 4.98 Å². The first kappa shape index (κ1) is 18.2. The van der Waals surface area contributed by atoms with Crippen LogP contribution in [0, 0.1) is 22.7 Å². The van der Waals surface area contributed by atoms with E-state index in [0.29, 0.717) is 24.7 Å². The molecular formula is C20H26N4O3. The fourth-order valence-corrected chi connectivity index (χ4v) is 4.31. The van der Waals surface area contributed by atoms with Gasteiger partial charge in [-0.3, -0.25) is 4.79 Å². The van der Waals surface area contributed by atoms with Gasteiger partial charge in [-0.05, 0) is 44.2 Å². The maximum atomic E-state index is 12.7. The van der Waals surface area contributed by atoms with E-state index < -0.39 is 0 Å². The molecule has 0 radical (unpaired) electrons. The minimum atomic E-state index is -0.317. The summed E-state index contributed by atoms with van der Waals surface area (Å²) >= 11 is 0. The number of hydrogen-bond donors (Lipinski definition) is 1. The molecule has 144 valence electrons. The second-order valence-corrected chi connectivity index (χ2v) is 8.10. The molecule has 0 bridgehead atoms. The summed E-state index contributed by atoms with van der Waals surface area (Å²) in [7, 11) is 0. The molecule has 0 unspecified atom stereocenters. The Labute approximate surface area is 159 Å². The van der Waals surface area contributed by atoms with Crippen molar-refractivity contribution in [2.45, 2.75) is 38.3 Å². The zero-order valence-electron chi connectivity index (χ0n) is 15.7. The van der Waals surface area contributed by atoms with Crippen LogP contribution < -0.4 is 5.32 Å². The van der Waals surface area contributed by atoms with Crippen molar-refractivity contribution in [3.05, 3.63) is 23.9 Å². The third kappa shape index (κ3) is 3.64. The molecule has 0 aliphatic carbocycles. The minimum Gasteiger partial charge on any atom is -0.379 e. The number of aromatic nitrogens is 1. The summed E-state index contributed by atoms with van der Waals surface area (Å²) < 4.78 is 11.3. The van der Waals surface area contributed by atoms with Crippen LogP contribution in [0.15, 0.2) is 18.3 Å². The zero-order chi connectivity index (χ0) is 18.9. The second-order valence-electron chi connectivity index (χ2n) is 8.10. The molecule has 3 fully saturated rings. The Bertz CT molecular complexity index is 718. The van der Waals surface area contributed by atoms with Crippen LogP contribution in [0.1, 0.15) is 31.7 Å². The lowest BCUT2D eigenvalue weighted by atomic mass is 9.83. The zero-order valence-corrected chi connectivity index (χ0v) is 15.7. The van der Waals surface area contributed by atoms with E-state index in [-0.39, 0.29) is 23.5 Å². The van der Waals surface area contributed by atoms with Gasteiger partial charge in [-0.15, -0.1) is 0 Å². The summed E-state index contributed by atoms with van der Waals surface area (Å²) in [6.07, 6.45) is 4.60. The Morgan fingerprint density at radius 2 is 2.11 bits per heavy atom. The molecular weight excluding hydrogens is 344 g/mol. The highest BCUT2D eigenvalue weighted by atomic mass is 16.5. The van der Waals surface area contributed by atoms with E-state index in [0.717, 1.165) is 44.8 Å². The summed E-state index contributed by atoms with van der Waals surface area (Å²) in [5, 5.41) is 12.4. The average Bonchev–Trinajstić information content (AvgIpc) is 3.14. The molecule has 3 saturated heterocycles. The predicted octanol–water partition coefficient (Wildman–Crippen LogP) is 1.80. The molecule has 4 rings (SSSR count). The highest BCUT2D eigenvalue weighted by Crippen LogP contribution is 2.34. The van der Waals surface area contributed by atoms with Crippen molar-refractivity contribution in [3.8, 4) is 6.07 Å². The molecule has 7 nitrogen and oxygen atoms in total. The predicted molar refractivity (Wildman–Crippen MR) is 98.9 cm³/mol. The van der Waals surface area contributed by atoms with Crippen molar-refractivity contribution in [2.24, 2.45) is 11.3 Å². The summed E-state index contributed by atoms with van der Waals surface area (Å²) in [5.41, 5.74) is 0.240. The molecule has 7 heteroatoms. The fourth-order valence-electron chi connectivity index (χ4n) is 4.31. The van der Waals surface area contributed by atoms with Crippen LogP contribution in [0.2, 0.25) is 0 Å². The molecule has 0 saturated carbocycles. The van der Waals surface area contributed by atoms with E-state index in [2.05, 4.69) is 16.4 Å². The molecule has 1 aromatic rings. The topological polar surface area (TPSA) is 87.5 Å². The van der Waals surface area contributed by atoms with Gasteiger partial charge in [-0.1, -0.05) is 0 Å². The third-order valence-corrected chi connectivity index (χ3v) is 6.01. The van der Waals surface area contributed by atoms with E-state index in [1.54, 1.807) is 12.3 Å². The standard InChI is InChI=1S/C20H26N4O3/c1-20(12-26-13-20)19(25)24-7-4-15(5-8-24)18-16(6-9-27-18)23-17-3-2-14(10-21)11-22-17/h2-3,11,15-16,18H,4-9,12-13H2,1H3,(H,22,23)/t16-,18+/m1/s1. The molecule has 27 heavy (non-hydrogen) atoms. The number of carbonyl (C=O) groups excluding carboxylic acids is 1. The summed E-state index contributed by atoms with van der Waals surface area (Å²) in [6, 6.07) is 5.92. The van der Waals surface area contributed by atoms with Crippen LogP contribution in [-0.4, -0.2) is 60.8 Å². The van der Waals surface area contributed by atoms with E-state index >= 15 is 0 Å². The highest BCUT2D eigenvalue weighted by Gasteiger charge is 2.45. The van der Waals surface area contributed by atoms with Crippen LogP contribution in [-0.2, 0) is 14.3 Å². The van der Waals surface area contributed by atoms with E-state index in [1.807, 2.05) is 17.9 Å². The average molecular weight is 370 g/mol. The number of likely N-dealkylation sites (tertiary alicyclic amines) is 1. The number of amides is 1. The minimum absolute atomic E-state index is 0.141. The number of rotatable bonds is 4. The maximum Gasteiger partial charge on any atom is 0.233 e. The van der Waals surface area contributed by atoms with E-state index in [9.17, 15) is 4.79 Å².